The molecule has 0 aliphatic carbocycles. The van der Waals surface area contributed by atoms with Crippen LogP contribution in [0.25, 0.3) is 0 Å². The Morgan fingerprint density at radius 2 is 1.54 bits per heavy atom. The topological polar surface area (TPSA) is 78.8 Å². The summed E-state index contributed by atoms with van der Waals surface area (Å²) < 4.78 is 16.5. The minimum absolute atomic E-state index is 0.0640. The van der Waals surface area contributed by atoms with Gasteiger partial charge in [-0.25, -0.2) is 0 Å². The van der Waals surface area contributed by atoms with E-state index in [4.69, 9.17) is 14.5 Å². The second-order valence-electron chi connectivity index (χ2n) is 6.89. The van der Waals surface area contributed by atoms with Crippen molar-refractivity contribution in [2.45, 2.75) is 71.3 Å². The lowest BCUT2D eigenvalue weighted by molar-refractivity contribution is 0.304. The summed E-state index contributed by atoms with van der Waals surface area (Å²) in [6, 6.07) is 8.02. The highest BCUT2D eigenvalue weighted by atomic mass is 31.2. The standard InChI is InChI=1S/C20H36NO4P/c1-2-3-4-5-6-7-8-9-16-25-20-13-11-19(12-14-20)18-21-15-10-17-26(22,23)24/h11-14,21H,2-10,15-18H2,1H3,(H2,22,23,24). The van der Waals surface area contributed by atoms with E-state index in [1.165, 1.54) is 44.9 Å². The summed E-state index contributed by atoms with van der Waals surface area (Å²) in [6.07, 6.45) is 10.8. The number of ether oxygens (including phenoxy) is 1. The molecule has 0 atom stereocenters. The van der Waals surface area contributed by atoms with E-state index in [0.29, 0.717) is 19.5 Å². The van der Waals surface area contributed by atoms with Gasteiger partial charge in [0.05, 0.1) is 12.8 Å². The van der Waals surface area contributed by atoms with E-state index in [0.717, 1.165) is 24.3 Å². The Hall–Kier alpha value is -0.870. The number of hydrogen-bond donors (Lipinski definition) is 3. The summed E-state index contributed by atoms with van der Waals surface area (Å²) in [7, 11) is -3.87. The van der Waals surface area contributed by atoms with E-state index in [1.54, 1.807) is 0 Å². The van der Waals surface area contributed by atoms with E-state index in [-0.39, 0.29) is 6.16 Å². The molecule has 0 spiro atoms. The fourth-order valence-corrected chi connectivity index (χ4v) is 3.34. The molecule has 3 N–H and O–H groups in total. The normalized spacial score (nSPS) is 11.7. The third kappa shape index (κ3) is 13.3. The van der Waals surface area contributed by atoms with E-state index >= 15 is 0 Å². The lowest BCUT2D eigenvalue weighted by atomic mass is 10.1. The molecule has 0 amide bonds. The van der Waals surface area contributed by atoms with Crippen LogP contribution in [-0.2, 0) is 11.1 Å². The zero-order chi connectivity index (χ0) is 19.1. The van der Waals surface area contributed by atoms with Crippen molar-refractivity contribution in [1.29, 1.82) is 0 Å². The Kier molecular flexibility index (Phi) is 12.7. The van der Waals surface area contributed by atoms with Crippen LogP contribution in [0, 0.1) is 0 Å². The maximum Gasteiger partial charge on any atom is 0.325 e. The highest BCUT2D eigenvalue weighted by molar-refractivity contribution is 7.51. The first kappa shape index (κ1) is 23.2. The van der Waals surface area contributed by atoms with Gasteiger partial charge in [0.15, 0.2) is 0 Å². The van der Waals surface area contributed by atoms with Crippen molar-refractivity contribution in [3.63, 3.8) is 0 Å². The number of rotatable bonds is 16. The van der Waals surface area contributed by atoms with Gasteiger partial charge in [-0.1, -0.05) is 64.0 Å². The third-order valence-corrected chi connectivity index (χ3v) is 5.22. The number of unbranched alkanes of at least 4 members (excludes halogenated alkanes) is 7. The Morgan fingerprint density at radius 3 is 2.15 bits per heavy atom. The van der Waals surface area contributed by atoms with Gasteiger partial charge in [0, 0.05) is 6.54 Å². The van der Waals surface area contributed by atoms with Gasteiger partial charge in [0.25, 0.3) is 0 Å². The molecule has 0 unspecified atom stereocenters. The first-order valence-electron chi connectivity index (χ1n) is 9.98. The lowest BCUT2D eigenvalue weighted by Crippen LogP contribution is -2.15. The molecule has 0 fully saturated rings. The summed E-state index contributed by atoms with van der Waals surface area (Å²) in [5.41, 5.74) is 1.14. The van der Waals surface area contributed by atoms with Crippen LogP contribution in [0.15, 0.2) is 24.3 Å². The summed E-state index contributed by atoms with van der Waals surface area (Å²) >= 11 is 0. The molecule has 0 heterocycles. The van der Waals surface area contributed by atoms with E-state index in [2.05, 4.69) is 12.2 Å². The van der Waals surface area contributed by atoms with Crippen molar-refractivity contribution >= 4 is 7.60 Å². The minimum Gasteiger partial charge on any atom is -0.494 e. The predicted molar refractivity (Wildman–Crippen MR) is 108 cm³/mol. The molecule has 0 radical (unpaired) electrons. The van der Waals surface area contributed by atoms with Gasteiger partial charge in [-0.2, -0.15) is 0 Å². The zero-order valence-electron chi connectivity index (χ0n) is 16.2. The second-order valence-corrected chi connectivity index (χ2v) is 8.66. The average molecular weight is 385 g/mol. The highest BCUT2D eigenvalue weighted by Crippen LogP contribution is 2.34. The Labute approximate surface area is 158 Å². The summed E-state index contributed by atoms with van der Waals surface area (Å²) in [5, 5.41) is 3.19. The molecule has 1 aromatic carbocycles. The minimum atomic E-state index is -3.87. The molecule has 0 aliphatic heterocycles. The largest absolute Gasteiger partial charge is 0.494 e. The molecule has 5 nitrogen and oxygen atoms in total. The molecule has 0 saturated carbocycles. The SMILES string of the molecule is CCCCCCCCCCOc1ccc(CNCCCP(=O)(O)O)cc1. The summed E-state index contributed by atoms with van der Waals surface area (Å²) in [6.45, 7) is 4.31. The van der Waals surface area contributed by atoms with Crippen molar-refractivity contribution in [2.24, 2.45) is 0 Å². The van der Waals surface area contributed by atoms with Crippen LogP contribution in [-0.4, -0.2) is 29.1 Å². The van der Waals surface area contributed by atoms with Crippen molar-refractivity contribution in [3.05, 3.63) is 29.8 Å². The average Bonchev–Trinajstić information content (AvgIpc) is 2.60. The van der Waals surface area contributed by atoms with Crippen LogP contribution in [0.2, 0.25) is 0 Å². The van der Waals surface area contributed by atoms with Gasteiger partial charge in [0.1, 0.15) is 5.75 Å². The molecule has 0 aliphatic rings. The third-order valence-electron chi connectivity index (χ3n) is 4.32. The molecule has 1 rings (SSSR count). The van der Waals surface area contributed by atoms with Crippen LogP contribution in [0.1, 0.15) is 70.3 Å². The van der Waals surface area contributed by atoms with Crippen molar-refractivity contribution < 1.29 is 19.1 Å². The van der Waals surface area contributed by atoms with Gasteiger partial charge in [-0.05, 0) is 37.1 Å². The lowest BCUT2D eigenvalue weighted by Gasteiger charge is -2.09. The second kappa shape index (κ2) is 14.2. The van der Waals surface area contributed by atoms with Crippen LogP contribution < -0.4 is 10.1 Å². The van der Waals surface area contributed by atoms with Crippen LogP contribution in [0.5, 0.6) is 5.75 Å². The van der Waals surface area contributed by atoms with Crippen LogP contribution in [0.4, 0.5) is 0 Å². The molecular weight excluding hydrogens is 349 g/mol. The Morgan fingerprint density at radius 1 is 0.923 bits per heavy atom. The van der Waals surface area contributed by atoms with Gasteiger partial charge < -0.3 is 19.8 Å². The number of hydrogen-bond acceptors (Lipinski definition) is 3. The number of nitrogens with one attached hydrogen (secondary N) is 1. The molecule has 6 heteroatoms. The van der Waals surface area contributed by atoms with Crippen LogP contribution >= 0.6 is 7.60 Å². The molecule has 150 valence electrons. The van der Waals surface area contributed by atoms with E-state index in [1.807, 2.05) is 24.3 Å². The van der Waals surface area contributed by atoms with E-state index < -0.39 is 7.60 Å². The predicted octanol–water partition coefficient (Wildman–Crippen LogP) is 4.86. The van der Waals surface area contributed by atoms with Gasteiger partial charge in [0.2, 0.25) is 0 Å². The molecule has 0 aromatic heterocycles. The smallest absolute Gasteiger partial charge is 0.325 e. The first-order valence-corrected chi connectivity index (χ1v) is 11.8. The quantitative estimate of drug-likeness (QED) is 0.280. The molecule has 1 aromatic rings. The Bertz CT molecular complexity index is 501. The maximum absolute atomic E-state index is 10.8. The van der Waals surface area contributed by atoms with Crippen molar-refractivity contribution in [1.82, 2.24) is 5.32 Å². The monoisotopic (exact) mass is 385 g/mol. The number of benzene rings is 1. The van der Waals surface area contributed by atoms with Crippen molar-refractivity contribution in [3.8, 4) is 5.75 Å². The molecule has 0 saturated heterocycles. The van der Waals surface area contributed by atoms with E-state index in [9.17, 15) is 4.57 Å². The summed E-state index contributed by atoms with van der Waals surface area (Å²) in [4.78, 5) is 17.6. The zero-order valence-corrected chi connectivity index (χ0v) is 17.1. The first-order chi connectivity index (χ1) is 12.5. The molecule has 26 heavy (non-hydrogen) atoms. The maximum atomic E-state index is 10.8. The van der Waals surface area contributed by atoms with Gasteiger partial charge in [-0.15, -0.1) is 0 Å². The van der Waals surface area contributed by atoms with Crippen LogP contribution in [0.3, 0.4) is 0 Å². The fourth-order valence-electron chi connectivity index (χ4n) is 2.77. The van der Waals surface area contributed by atoms with Gasteiger partial charge >= 0.3 is 7.60 Å². The molecule has 0 bridgehead atoms. The fraction of sp³-hybridized carbons (Fsp3) is 0.700. The summed E-state index contributed by atoms with van der Waals surface area (Å²) in [5.74, 6) is 0.901. The Balaban J connectivity index is 2.03. The van der Waals surface area contributed by atoms with Crippen molar-refractivity contribution in [2.75, 3.05) is 19.3 Å². The molecular formula is C20H36NO4P. The van der Waals surface area contributed by atoms with Gasteiger partial charge in [-0.3, -0.25) is 4.57 Å². The highest BCUT2D eigenvalue weighted by Gasteiger charge is 2.10.